The average Bonchev–Trinajstić information content (AvgIpc) is 1.71. The van der Waals surface area contributed by atoms with Crippen LogP contribution in [-0.4, -0.2) is 25.0 Å². The second kappa shape index (κ2) is 8.50. The van der Waals surface area contributed by atoms with Gasteiger partial charge in [-0.05, 0) is 0 Å². The molecular weight excluding hydrogens is 163 g/mol. The van der Waals surface area contributed by atoms with Gasteiger partial charge in [-0.1, -0.05) is 4.33 Å². The predicted octanol–water partition coefficient (Wildman–Crippen LogP) is -3.79. The first-order chi connectivity index (χ1) is 3.56. The third-order valence-corrected chi connectivity index (χ3v) is 0.283. The Morgan fingerprint density at radius 1 is 1.44 bits per heavy atom. The molecule has 0 rings (SSSR count). The van der Waals surface area contributed by atoms with E-state index < -0.39 is 10.4 Å². The Kier molecular flexibility index (Phi) is 15.3. The molecule has 0 fully saturated rings. The van der Waals surface area contributed by atoms with Crippen molar-refractivity contribution in [3.05, 3.63) is 0 Å². The van der Waals surface area contributed by atoms with Crippen LogP contribution in [0.2, 0.25) is 0 Å². The fraction of sp³-hybridized carbons (Fsp3) is 0. The van der Waals surface area contributed by atoms with Gasteiger partial charge in [0.2, 0.25) is 0 Å². The standard InChI is InChI=1S/CH2O.Na.H2O5S.H/c1-2;;1-5-6(2,3)4;/h1H2;;1H,(H,2,3,4);/q;+1;;-1. The van der Waals surface area contributed by atoms with Crippen LogP contribution in [0.3, 0.4) is 0 Å². The van der Waals surface area contributed by atoms with Gasteiger partial charge in [0.15, 0.2) is 0 Å². The Hall–Kier alpha value is 0.500. The summed E-state index contributed by atoms with van der Waals surface area (Å²) in [5.74, 6) is 0. The van der Waals surface area contributed by atoms with Crippen molar-refractivity contribution in [1.29, 1.82) is 0 Å². The molecule has 9 heavy (non-hydrogen) atoms. The van der Waals surface area contributed by atoms with Gasteiger partial charge in [-0.25, -0.2) is 5.26 Å². The molecule has 0 saturated heterocycles. The third kappa shape index (κ3) is 29.3. The molecule has 0 amide bonds. The van der Waals surface area contributed by atoms with E-state index in [1.807, 2.05) is 6.79 Å². The van der Waals surface area contributed by atoms with Gasteiger partial charge in [0.25, 0.3) is 0 Å². The van der Waals surface area contributed by atoms with Crippen LogP contribution in [0.1, 0.15) is 1.43 Å². The molecule has 0 unspecified atom stereocenters. The summed E-state index contributed by atoms with van der Waals surface area (Å²) in [7, 11) is -4.61. The summed E-state index contributed by atoms with van der Waals surface area (Å²) in [6.07, 6.45) is 0. The van der Waals surface area contributed by atoms with E-state index >= 15 is 0 Å². The first-order valence-electron chi connectivity index (χ1n) is 1.15. The minimum atomic E-state index is -4.61. The van der Waals surface area contributed by atoms with Crippen LogP contribution in [0.4, 0.5) is 0 Å². The van der Waals surface area contributed by atoms with Gasteiger partial charge in [-0.3, -0.25) is 4.55 Å². The molecule has 0 spiro atoms. The van der Waals surface area contributed by atoms with E-state index in [-0.39, 0.29) is 31.0 Å². The Bertz CT molecular complexity index is 131. The van der Waals surface area contributed by atoms with E-state index in [2.05, 4.69) is 4.33 Å². The second-order valence-corrected chi connectivity index (χ2v) is 1.51. The molecule has 0 aromatic heterocycles. The van der Waals surface area contributed by atoms with Crippen molar-refractivity contribution < 1.29 is 58.3 Å². The van der Waals surface area contributed by atoms with Crippen molar-refractivity contribution in [3.8, 4) is 0 Å². The minimum absolute atomic E-state index is 0. The maximum Gasteiger partial charge on any atom is 1.00 e. The summed E-state index contributed by atoms with van der Waals surface area (Å²) in [6.45, 7) is 2.00. The minimum Gasteiger partial charge on any atom is -1.00 e. The fourth-order valence-electron chi connectivity index (χ4n) is 0. The second-order valence-electron chi connectivity index (χ2n) is 0.502. The normalized spacial score (nSPS) is 8.22. The van der Waals surface area contributed by atoms with Crippen molar-refractivity contribution in [2.24, 2.45) is 0 Å². The van der Waals surface area contributed by atoms with E-state index in [1.165, 1.54) is 0 Å². The van der Waals surface area contributed by atoms with E-state index in [9.17, 15) is 0 Å². The molecule has 0 atom stereocenters. The van der Waals surface area contributed by atoms with Gasteiger partial charge in [0.05, 0.1) is 0 Å². The summed E-state index contributed by atoms with van der Waals surface area (Å²) >= 11 is 0. The fourth-order valence-corrected chi connectivity index (χ4v) is 0. The summed E-state index contributed by atoms with van der Waals surface area (Å²) in [6, 6.07) is 0. The van der Waals surface area contributed by atoms with E-state index in [4.69, 9.17) is 23.0 Å². The van der Waals surface area contributed by atoms with Crippen molar-refractivity contribution in [2.45, 2.75) is 0 Å². The Morgan fingerprint density at radius 2 is 1.56 bits per heavy atom. The van der Waals surface area contributed by atoms with Crippen molar-refractivity contribution in [3.63, 3.8) is 0 Å². The zero-order chi connectivity index (χ0) is 7.21. The molecule has 52 valence electrons. The smallest absolute Gasteiger partial charge is 1.00 e. The maximum absolute atomic E-state index is 9.08. The van der Waals surface area contributed by atoms with Gasteiger partial charge in [-0.15, -0.1) is 0 Å². The number of hydrogen-bond acceptors (Lipinski definition) is 5. The van der Waals surface area contributed by atoms with E-state index in [0.717, 1.165) is 0 Å². The topological polar surface area (TPSA) is 101 Å². The van der Waals surface area contributed by atoms with Crippen LogP contribution in [0.15, 0.2) is 0 Å². The molecule has 8 heteroatoms. The molecule has 0 aliphatic heterocycles. The Labute approximate surface area is 75.5 Å². The van der Waals surface area contributed by atoms with Crippen LogP contribution in [0, 0.1) is 0 Å². The summed E-state index contributed by atoms with van der Waals surface area (Å²) in [4.78, 5) is 8.00. The van der Waals surface area contributed by atoms with Crippen LogP contribution < -0.4 is 29.6 Å². The molecular formula is CH5NaO6S. The summed E-state index contributed by atoms with van der Waals surface area (Å²) in [5, 5.41) is 7.06. The molecule has 0 bridgehead atoms. The third-order valence-electron chi connectivity index (χ3n) is 0.0942. The Morgan fingerprint density at radius 3 is 1.56 bits per heavy atom. The van der Waals surface area contributed by atoms with E-state index in [1.54, 1.807) is 0 Å². The number of rotatable bonds is 1. The Balaban J connectivity index is -0.0000000412. The molecule has 0 aromatic carbocycles. The van der Waals surface area contributed by atoms with Gasteiger partial charge >= 0.3 is 40.0 Å². The van der Waals surface area contributed by atoms with Gasteiger partial charge in [-0.2, -0.15) is 8.42 Å². The molecule has 0 heterocycles. The van der Waals surface area contributed by atoms with Crippen molar-refractivity contribution in [2.75, 3.05) is 0 Å². The van der Waals surface area contributed by atoms with Crippen LogP contribution >= 0.6 is 0 Å². The van der Waals surface area contributed by atoms with Gasteiger partial charge < -0.3 is 6.22 Å². The molecule has 0 saturated carbocycles. The summed E-state index contributed by atoms with van der Waals surface area (Å²) in [5.41, 5.74) is 0. The molecule has 0 aliphatic carbocycles. The zero-order valence-corrected chi connectivity index (χ0v) is 7.46. The van der Waals surface area contributed by atoms with Gasteiger partial charge in [0, 0.05) is 0 Å². The van der Waals surface area contributed by atoms with Crippen molar-refractivity contribution in [1.82, 2.24) is 0 Å². The number of carbonyl (C=O) groups is 1. The number of hydrogen-bond donors (Lipinski definition) is 2. The molecule has 0 aromatic rings. The molecule has 0 aliphatic rings. The maximum atomic E-state index is 9.08. The van der Waals surface area contributed by atoms with Crippen LogP contribution in [0.25, 0.3) is 0 Å². The molecule has 0 radical (unpaired) electrons. The molecule has 2 N–H and O–H groups in total. The van der Waals surface area contributed by atoms with Gasteiger partial charge in [0.1, 0.15) is 6.79 Å². The first kappa shape index (κ1) is 16.2. The zero-order valence-electron chi connectivity index (χ0n) is 5.64. The first-order valence-corrected chi connectivity index (χ1v) is 2.52. The average molecular weight is 168 g/mol. The number of carbonyl (C=O) groups excluding carboxylic acids is 1. The largest absolute Gasteiger partial charge is 1.00 e. The van der Waals surface area contributed by atoms with E-state index in [0.29, 0.717) is 0 Å². The monoisotopic (exact) mass is 168 g/mol. The molecule has 6 nitrogen and oxygen atoms in total. The SMILES string of the molecule is C=O.O=S(=O)(O)OO.[H-].[Na+]. The van der Waals surface area contributed by atoms with Crippen molar-refractivity contribution >= 4 is 17.2 Å². The van der Waals surface area contributed by atoms with Crippen LogP contribution in [0.5, 0.6) is 0 Å². The quantitative estimate of drug-likeness (QED) is 0.180. The van der Waals surface area contributed by atoms with Crippen LogP contribution in [-0.2, 0) is 19.5 Å². The predicted molar refractivity (Wildman–Crippen MR) is 23.5 cm³/mol. The summed E-state index contributed by atoms with van der Waals surface area (Å²) < 4.78 is 28.0.